The highest BCUT2D eigenvalue weighted by atomic mass is 19.4. The number of rotatable bonds is 4. The van der Waals surface area contributed by atoms with Crippen molar-refractivity contribution in [1.82, 2.24) is 14.5 Å². The Morgan fingerprint density at radius 2 is 1.96 bits per heavy atom. The van der Waals surface area contributed by atoms with Gasteiger partial charge in [0.25, 0.3) is 0 Å². The van der Waals surface area contributed by atoms with Crippen LogP contribution in [0.1, 0.15) is 50.6 Å². The summed E-state index contributed by atoms with van der Waals surface area (Å²) in [6, 6.07) is 0.975. The number of aromatic nitrogens is 3. The van der Waals surface area contributed by atoms with Crippen LogP contribution in [0, 0.1) is 11.8 Å². The van der Waals surface area contributed by atoms with E-state index in [1.54, 1.807) is 6.20 Å². The third-order valence-corrected chi connectivity index (χ3v) is 5.67. The number of hydrogen-bond acceptors (Lipinski definition) is 4. The maximum atomic E-state index is 13.1. The van der Waals surface area contributed by atoms with E-state index in [0.717, 1.165) is 31.2 Å². The van der Waals surface area contributed by atoms with Gasteiger partial charge < -0.3 is 15.4 Å². The van der Waals surface area contributed by atoms with Gasteiger partial charge in [0.2, 0.25) is 0 Å². The fourth-order valence-corrected chi connectivity index (χ4v) is 3.99. The molecule has 2 aromatic heterocycles. The summed E-state index contributed by atoms with van der Waals surface area (Å²) in [5, 5.41) is 10.6. The Hall–Kier alpha value is -2.09. The summed E-state index contributed by atoms with van der Waals surface area (Å²) in [4.78, 5) is 8.19. The first-order valence-corrected chi connectivity index (χ1v) is 8.72. The van der Waals surface area contributed by atoms with Crippen LogP contribution < -0.4 is 5.73 Å². The third-order valence-electron chi connectivity index (χ3n) is 5.67. The van der Waals surface area contributed by atoms with Crippen molar-refractivity contribution < 1.29 is 18.3 Å². The van der Waals surface area contributed by atoms with Gasteiger partial charge >= 0.3 is 6.18 Å². The Labute approximate surface area is 149 Å². The molecule has 1 atom stereocenters. The van der Waals surface area contributed by atoms with Crippen molar-refractivity contribution in [3.63, 3.8) is 0 Å². The summed E-state index contributed by atoms with van der Waals surface area (Å²) in [5.74, 6) is 0.632. The van der Waals surface area contributed by atoms with Gasteiger partial charge in [-0.2, -0.15) is 13.2 Å². The summed E-state index contributed by atoms with van der Waals surface area (Å²) in [6.45, 7) is 3.77. The fourth-order valence-electron chi connectivity index (χ4n) is 3.99. The predicted octanol–water partition coefficient (Wildman–Crippen LogP) is 3.74. The molecule has 3 saturated carbocycles. The van der Waals surface area contributed by atoms with Gasteiger partial charge in [-0.1, -0.05) is 13.8 Å². The molecule has 3 N–H and O–H groups in total. The lowest BCUT2D eigenvalue weighted by Gasteiger charge is -2.62. The normalized spacial score (nSPS) is 25.7. The SMILES string of the molecule is CC(C)C(O)c1nc(-c2cnc(N)c(C(F)(F)F)c2)cn1C12CC(C1)C2. The first-order valence-electron chi connectivity index (χ1n) is 8.72. The lowest BCUT2D eigenvalue weighted by Crippen LogP contribution is -2.59. The number of imidazole rings is 1. The molecule has 8 heteroatoms. The molecule has 5 rings (SSSR count). The molecule has 5 nitrogen and oxygen atoms in total. The van der Waals surface area contributed by atoms with Crippen molar-refractivity contribution in [2.45, 2.75) is 50.9 Å². The molecule has 0 amide bonds. The topological polar surface area (TPSA) is 77.0 Å². The Kier molecular flexibility index (Phi) is 3.63. The Morgan fingerprint density at radius 3 is 2.46 bits per heavy atom. The molecule has 3 aliphatic carbocycles. The summed E-state index contributed by atoms with van der Waals surface area (Å²) < 4.78 is 41.4. The first-order chi connectivity index (χ1) is 12.1. The van der Waals surface area contributed by atoms with Crippen LogP contribution in [0.25, 0.3) is 11.3 Å². The van der Waals surface area contributed by atoms with Gasteiger partial charge in [0.1, 0.15) is 17.7 Å². The molecule has 1 unspecified atom stereocenters. The molecule has 3 fully saturated rings. The minimum atomic E-state index is -4.58. The second kappa shape index (κ2) is 5.45. The molecular weight excluding hydrogens is 345 g/mol. The summed E-state index contributed by atoms with van der Waals surface area (Å²) in [6.07, 6.45) is 0.803. The van der Waals surface area contributed by atoms with Crippen molar-refractivity contribution in [2.24, 2.45) is 11.8 Å². The van der Waals surface area contributed by atoms with Gasteiger partial charge in [0, 0.05) is 23.5 Å². The number of nitrogens with zero attached hydrogens (tertiary/aromatic N) is 3. The standard InChI is InChI=1S/C18H21F3N4O/c1-9(2)14(26)16-24-13(8-25(16)17-4-10(5-17)6-17)11-3-12(18(19,20)21)15(22)23-7-11/h3,7-10,14,26H,4-6H2,1-2H3,(H2,22,23). The molecule has 0 saturated heterocycles. The van der Waals surface area contributed by atoms with Crippen LogP contribution in [0.4, 0.5) is 19.0 Å². The van der Waals surface area contributed by atoms with E-state index >= 15 is 0 Å². The van der Waals surface area contributed by atoms with Gasteiger partial charge in [0.15, 0.2) is 0 Å². The smallest absolute Gasteiger partial charge is 0.385 e. The number of aliphatic hydroxyl groups is 1. The van der Waals surface area contributed by atoms with Crippen LogP contribution in [0.15, 0.2) is 18.5 Å². The molecule has 0 aromatic carbocycles. The Balaban J connectivity index is 1.79. The van der Waals surface area contributed by atoms with E-state index in [1.165, 1.54) is 6.20 Å². The highest BCUT2D eigenvalue weighted by molar-refractivity contribution is 5.62. The van der Waals surface area contributed by atoms with Gasteiger partial charge in [-0.3, -0.25) is 0 Å². The Morgan fingerprint density at radius 1 is 1.31 bits per heavy atom. The van der Waals surface area contributed by atoms with E-state index in [1.807, 2.05) is 18.4 Å². The second-order valence-corrected chi connectivity index (χ2v) is 7.90. The summed E-state index contributed by atoms with van der Waals surface area (Å²) in [7, 11) is 0. The first kappa shape index (κ1) is 17.3. The average Bonchev–Trinajstić information content (AvgIpc) is 2.87. The molecule has 2 heterocycles. The lowest BCUT2D eigenvalue weighted by atomic mass is 9.49. The predicted molar refractivity (Wildman–Crippen MR) is 90.0 cm³/mol. The molecule has 0 radical (unpaired) electrons. The molecule has 0 spiro atoms. The maximum absolute atomic E-state index is 13.1. The molecule has 2 aromatic rings. The van der Waals surface area contributed by atoms with Crippen molar-refractivity contribution in [1.29, 1.82) is 0 Å². The highest BCUT2D eigenvalue weighted by Crippen LogP contribution is 2.63. The maximum Gasteiger partial charge on any atom is 0.419 e. The van der Waals surface area contributed by atoms with Crippen LogP contribution in [0.2, 0.25) is 0 Å². The zero-order chi connectivity index (χ0) is 18.9. The summed E-state index contributed by atoms with van der Waals surface area (Å²) >= 11 is 0. The number of halogens is 3. The molecular formula is C18H21F3N4O. The van der Waals surface area contributed by atoms with E-state index in [-0.39, 0.29) is 17.0 Å². The Bertz CT molecular complexity index is 842. The van der Waals surface area contributed by atoms with Crippen LogP contribution in [0.3, 0.4) is 0 Å². The number of nitrogen functional groups attached to an aromatic ring is 1. The van der Waals surface area contributed by atoms with Crippen LogP contribution in [0.5, 0.6) is 0 Å². The van der Waals surface area contributed by atoms with E-state index in [0.29, 0.717) is 11.5 Å². The number of pyridine rings is 1. The molecule has 2 bridgehead atoms. The van der Waals surface area contributed by atoms with Crippen molar-refractivity contribution in [2.75, 3.05) is 5.73 Å². The van der Waals surface area contributed by atoms with Crippen molar-refractivity contribution in [3.05, 3.63) is 29.8 Å². The minimum Gasteiger partial charge on any atom is -0.385 e. The quantitative estimate of drug-likeness (QED) is 0.864. The number of anilines is 1. The van der Waals surface area contributed by atoms with E-state index in [4.69, 9.17) is 5.73 Å². The number of aliphatic hydroxyl groups excluding tert-OH is 1. The molecule has 140 valence electrons. The van der Waals surface area contributed by atoms with E-state index in [9.17, 15) is 18.3 Å². The molecule has 3 aliphatic rings. The fraction of sp³-hybridized carbons (Fsp3) is 0.556. The van der Waals surface area contributed by atoms with Crippen molar-refractivity contribution in [3.8, 4) is 11.3 Å². The number of hydrogen-bond donors (Lipinski definition) is 2. The number of alkyl halides is 3. The van der Waals surface area contributed by atoms with E-state index < -0.39 is 23.7 Å². The van der Waals surface area contributed by atoms with Crippen LogP contribution in [-0.2, 0) is 11.7 Å². The zero-order valence-corrected chi connectivity index (χ0v) is 14.6. The highest BCUT2D eigenvalue weighted by Gasteiger charge is 2.58. The second-order valence-electron chi connectivity index (χ2n) is 7.90. The van der Waals surface area contributed by atoms with Gasteiger partial charge in [-0.05, 0) is 37.2 Å². The number of nitrogens with two attached hydrogens (primary N) is 1. The van der Waals surface area contributed by atoms with Gasteiger partial charge in [-0.25, -0.2) is 9.97 Å². The summed E-state index contributed by atoms with van der Waals surface area (Å²) in [5.41, 5.74) is 5.00. The average molecular weight is 366 g/mol. The van der Waals surface area contributed by atoms with Crippen molar-refractivity contribution >= 4 is 5.82 Å². The lowest BCUT2D eigenvalue weighted by molar-refractivity contribution is -0.137. The minimum absolute atomic E-state index is 0.0325. The van der Waals surface area contributed by atoms with Crippen LogP contribution >= 0.6 is 0 Å². The van der Waals surface area contributed by atoms with Gasteiger partial charge in [-0.15, -0.1) is 0 Å². The largest absolute Gasteiger partial charge is 0.419 e. The van der Waals surface area contributed by atoms with E-state index in [2.05, 4.69) is 9.97 Å². The monoisotopic (exact) mass is 366 g/mol. The molecule has 0 aliphatic heterocycles. The molecule has 26 heavy (non-hydrogen) atoms. The third kappa shape index (κ3) is 2.50. The van der Waals surface area contributed by atoms with Gasteiger partial charge in [0.05, 0.1) is 11.3 Å². The zero-order valence-electron chi connectivity index (χ0n) is 14.6. The van der Waals surface area contributed by atoms with Crippen LogP contribution in [-0.4, -0.2) is 19.6 Å².